The zero-order valence-electron chi connectivity index (χ0n) is 19.6. The molecule has 174 valence electrons. The summed E-state index contributed by atoms with van der Waals surface area (Å²) in [6, 6.07) is 10.2. The summed E-state index contributed by atoms with van der Waals surface area (Å²) >= 11 is 0. The fourth-order valence-corrected chi connectivity index (χ4v) is 5.23. The Morgan fingerprint density at radius 1 is 1.19 bits per heavy atom. The van der Waals surface area contributed by atoms with Crippen LogP contribution < -0.4 is 10.7 Å². The van der Waals surface area contributed by atoms with Crippen molar-refractivity contribution in [3.8, 4) is 0 Å². The number of nitrogens with zero attached hydrogens (tertiary/aromatic N) is 3. The predicted octanol–water partition coefficient (Wildman–Crippen LogP) is 3.59. The highest BCUT2D eigenvalue weighted by atomic mass is 16.2. The van der Waals surface area contributed by atoms with Crippen molar-refractivity contribution < 1.29 is 9.59 Å². The number of nitrogens with one attached hydrogen (secondary N) is 2. The van der Waals surface area contributed by atoms with E-state index in [4.69, 9.17) is 0 Å². The minimum Gasteiger partial charge on any atom is -0.350 e. The van der Waals surface area contributed by atoms with Gasteiger partial charge < -0.3 is 15.1 Å². The van der Waals surface area contributed by atoms with E-state index < -0.39 is 0 Å². The van der Waals surface area contributed by atoms with E-state index in [9.17, 15) is 9.59 Å². The second-order valence-electron chi connectivity index (χ2n) is 9.81. The van der Waals surface area contributed by atoms with Crippen molar-refractivity contribution in [1.29, 1.82) is 0 Å². The molecule has 2 heterocycles. The molecule has 32 heavy (non-hydrogen) atoms. The summed E-state index contributed by atoms with van der Waals surface area (Å²) in [6.45, 7) is 7.13. The maximum Gasteiger partial charge on any atom is 0.230 e. The van der Waals surface area contributed by atoms with Gasteiger partial charge in [-0.2, -0.15) is 5.10 Å². The van der Waals surface area contributed by atoms with E-state index in [1.165, 1.54) is 0 Å². The molecule has 2 amide bonds. The zero-order valence-corrected chi connectivity index (χ0v) is 19.6. The number of carbonyl (C=O) groups is 2. The van der Waals surface area contributed by atoms with Crippen molar-refractivity contribution in [1.82, 2.24) is 20.5 Å². The average molecular weight is 440 g/mol. The second kappa shape index (κ2) is 9.92. The minimum absolute atomic E-state index is 0.0254. The van der Waals surface area contributed by atoms with Crippen LogP contribution in [0.15, 0.2) is 35.4 Å². The van der Waals surface area contributed by atoms with Crippen molar-refractivity contribution >= 4 is 17.6 Å². The smallest absolute Gasteiger partial charge is 0.230 e. The molecule has 3 aliphatic rings. The van der Waals surface area contributed by atoms with Crippen molar-refractivity contribution in [2.75, 3.05) is 6.54 Å². The van der Waals surface area contributed by atoms with Crippen LogP contribution >= 0.6 is 0 Å². The molecule has 4 unspecified atom stereocenters. The fraction of sp³-hybridized carbons (Fsp3) is 0.640. The molecule has 2 fully saturated rings. The first kappa shape index (κ1) is 22.6. The molecule has 4 atom stereocenters. The average Bonchev–Trinajstić information content (AvgIpc) is 3.22. The highest BCUT2D eigenvalue weighted by Crippen LogP contribution is 2.38. The van der Waals surface area contributed by atoms with Gasteiger partial charge in [0.2, 0.25) is 11.8 Å². The van der Waals surface area contributed by atoms with E-state index >= 15 is 0 Å². The van der Waals surface area contributed by atoms with Crippen LogP contribution in [0.5, 0.6) is 0 Å². The van der Waals surface area contributed by atoms with Crippen molar-refractivity contribution in [2.45, 2.75) is 84.1 Å². The van der Waals surface area contributed by atoms with Gasteiger partial charge in [-0.15, -0.1) is 0 Å². The first-order valence-corrected chi connectivity index (χ1v) is 12.2. The molecule has 7 nitrogen and oxygen atoms in total. The van der Waals surface area contributed by atoms with Gasteiger partial charge in [0, 0.05) is 25.4 Å². The maximum absolute atomic E-state index is 13.3. The molecule has 1 aliphatic carbocycles. The van der Waals surface area contributed by atoms with E-state index in [2.05, 4.69) is 34.6 Å². The number of hydrogen-bond donors (Lipinski definition) is 2. The second-order valence-corrected chi connectivity index (χ2v) is 9.81. The Balaban J connectivity index is 1.40. The van der Waals surface area contributed by atoms with Gasteiger partial charge in [-0.1, -0.05) is 57.0 Å². The lowest BCUT2D eigenvalue weighted by molar-refractivity contribution is -0.155. The number of rotatable bonds is 8. The molecule has 0 aromatic heterocycles. The van der Waals surface area contributed by atoms with E-state index in [1.54, 1.807) is 0 Å². The normalized spacial score (nSPS) is 25.7. The van der Waals surface area contributed by atoms with Crippen LogP contribution in [0.2, 0.25) is 0 Å². The largest absolute Gasteiger partial charge is 0.350 e. The SMILES string of the molecule is CC(C)CCN1C(=O)C2CCCCC2N2C(CCC(=O)NC(C)c3ccccc3)=NNC12. The van der Waals surface area contributed by atoms with Crippen LogP contribution in [-0.4, -0.2) is 46.3 Å². The summed E-state index contributed by atoms with van der Waals surface area (Å²) in [5, 5.41) is 7.71. The molecule has 2 N–H and O–H groups in total. The Kier molecular flexibility index (Phi) is 7.01. The van der Waals surface area contributed by atoms with Gasteiger partial charge in [-0.05, 0) is 37.7 Å². The highest BCUT2D eigenvalue weighted by Gasteiger charge is 2.50. The molecule has 0 radical (unpaired) electrons. The number of benzene rings is 1. The highest BCUT2D eigenvalue weighted by molar-refractivity contribution is 5.91. The van der Waals surface area contributed by atoms with E-state index in [0.717, 1.165) is 50.0 Å². The Hall–Kier alpha value is -2.57. The lowest BCUT2D eigenvalue weighted by Crippen LogP contribution is -2.67. The third-order valence-corrected chi connectivity index (χ3v) is 7.05. The molecule has 0 bridgehead atoms. The summed E-state index contributed by atoms with van der Waals surface area (Å²) in [5.41, 5.74) is 4.32. The van der Waals surface area contributed by atoms with Crippen molar-refractivity contribution in [2.24, 2.45) is 16.9 Å². The molecule has 1 aromatic rings. The summed E-state index contributed by atoms with van der Waals surface area (Å²) in [6.07, 6.45) is 5.96. The van der Waals surface area contributed by atoms with Crippen LogP contribution in [0.25, 0.3) is 0 Å². The molecule has 0 spiro atoms. The Morgan fingerprint density at radius 2 is 1.94 bits per heavy atom. The first-order valence-electron chi connectivity index (χ1n) is 12.2. The maximum atomic E-state index is 13.3. The van der Waals surface area contributed by atoms with Crippen LogP contribution in [0.4, 0.5) is 0 Å². The van der Waals surface area contributed by atoms with Gasteiger partial charge in [0.05, 0.1) is 12.0 Å². The van der Waals surface area contributed by atoms with Crippen LogP contribution in [0.3, 0.4) is 0 Å². The summed E-state index contributed by atoms with van der Waals surface area (Å²) in [7, 11) is 0. The zero-order chi connectivity index (χ0) is 22.7. The Labute approximate surface area is 191 Å². The van der Waals surface area contributed by atoms with Crippen molar-refractivity contribution in [3.05, 3.63) is 35.9 Å². The quantitative estimate of drug-likeness (QED) is 0.649. The predicted molar refractivity (Wildman–Crippen MR) is 125 cm³/mol. The van der Waals surface area contributed by atoms with Gasteiger partial charge in [0.1, 0.15) is 5.84 Å². The first-order chi connectivity index (χ1) is 15.5. The molecule has 4 rings (SSSR count). The number of hydrogen-bond acceptors (Lipinski definition) is 5. The summed E-state index contributed by atoms with van der Waals surface area (Å²) < 4.78 is 0. The van der Waals surface area contributed by atoms with Gasteiger partial charge in [-0.3, -0.25) is 15.0 Å². The van der Waals surface area contributed by atoms with Gasteiger partial charge >= 0.3 is 0 Å². The topological polar surface area (TPSA) is 77.0 Å². The van der Waals surface area contributed by atoms with Gasteiger partial charge in [0.15, 0.2) is 6.29 Å². The number of hydrazone groups is 1. The lowest BCUT2D eigenvalue weighted by Gasteiger charge is -2.50. The van der Waals surface area contributed by atoms with Crippen LogP contribution in [-0.2, 0) is 9.59 Å². The summed E-state index contributed by atoms with van der Waals surface area (Å²) in [5.74, 6) is 1.80. The number of carbonyl (C=O) groups excluding carboxylic acids is 2. The van der Waals surface area contributed by atoms with Gasteiger partial charge in [-0.25, -0.2) is 0 Å². The molecular weight excluding hydrogens is 402 g/mol. The lowest BCUT2D eigenvalue weighted by atomic mass is 9.80. The van der Waals surface area contributed by atoms with Crippen LogP contribution in [0.1, 0.15) is 77.3 Å². The summed E-state index contributed by atoms with van der Waals surface area (Å²) in [4.78, 5) is 30.2. The van der Waals surface area contributed by atoms with Crippen molar-refractivity contribution in [3.63, 3.8) is 0 Å². The number of amides is 2. The number of amidine groups is 1. The monoisotopic (exact) mass is 439 g/mol. The molecule has 2 aliphatic heterocycles. The van der Waals surface area contributed by atoms with Gasteiger partial charge in [0.25, 0.3) is 0 Å². The minimum atomic E-state index is -0.207. The van der Waals surface area contributed by atoms with E-state index in [-0.39, 0.29) is 36.1 Å². The van der Waals surface area contributed by atoms with Crippen LogP contribution in [0, 0.1) is 11.8 Å². The molecule has 7 heteroatoms. The van der Waals surface area contributed by atoms with E-state index in [0.29, 0.717) is 18.8 Å². The molecule has 1 aromatic carbocycles. The fourth-order valence-electron chi connectivity index (χ4n) is 5.23. The Bertz CT molecular complexity index is 840. The number of fused-ring (bicyclic) bond motifs is 3. The Morgan fingerprint density at radius 3 is 2.69 bits per heavy atom. The van der Waals surface area contributed by atoms with E-state index in [1.807, 2.05) is 42.2 Å². The third-order valence-electron chi connectivity index (χ3n) is 7.05. The molecular formula is C25H37N5O2. The molecule has 1 saturated carbocycles. The third kappa shape index (κ3) is 4.76. The molecule has 1 saturated heterocycles. The standard InChI is InChI=1S/C25H37N5O2/c1-17(2)15-16-29-24(32)20-11-7-8-12-21(20)30-22(27-28-25(29)30)13-14-23(31)26-18(3)19-9-5-4-6-10-19/h4-6,9-10,17-18,20-21,25,28H,7-8,11-16H2,1-3H3,(H,26,31).